The number of hydrogen-bond acceptors (Lipinski definition) is 7. The molecule has 0 amide bonds. The van der Waals surface area contributed by atoms with Crippen LogP contribution in [0.1, 0.15) is 0 Å². The Morgan fingerprint density at radius 2 is 1.23 bits per heavy atom. The molecule has 0 aliphatic carbocycles. The van der Waals surface area contributed by atoms with E-state index in [1.165, 1.54) is 0 Å². The lowest BCUT2D eigenvalue weighted by Gasteiger charge is -2.14. The first kappa shape index (κ1) is 6.84. The predicted octanol–water partition coefficient (Wildman–Crippen LogP) is -1.46. The summed E-state index contributed by atoms with van der Waals surface area (Å²) in [6, 6.07) is 0. The van der Waals surface area contributed by atoms with Crippen molar-refractivity contribution in [3.63, 3.8) is 0 Å². The van der Waals surface area contributed by atoms with Gasteiger partial charge in [0.1, 0.15) is 0 Å². The van der Waals surface area contributed by atoms with E-state index in [2.05, 4.69) is 15.3 Å². The average Bonchev–Trinajstić information content (AvgIpc) is 2.28. The highest BCUT2D eigenvalue weighted by atomic mass is 16.4. The molecule has 0 radical (unpaired) electrons. The number of carbonyl (C=O) groups is 3. The highest BCUT2D eigenvalue weighted by Gasteiger charge is 2.15. The van der Waals surface area contributed by atoms with Gasteiger partial charge in [0, 0.05) is 0 Å². The fourth-order valence-electron chi connectivity index (χ4n) is 0.715. The van der Waals surface area contributed by atoms with E-state index >= 15 is 0 Å². The van der Waals surface area contributed by atoms with Gasteiger partial charge in [0.2, 0.25) is 0 Å². The maximum absolute atomic E-state index is 10.7. The second kappa shape index (κ2) is 5.09. The molecule has 7 nitrogen and oxygen atoms in total. The minimum absolute atomic E-state index is 0.534. The molecule has 13 heavy (non-hydrogen) atoms. The minimum atomic E-state index is -1.00. The second-order valence-corrected chi connectivity index (χ2v) is 2.26. The molecule has 0 aromatic carbocycles. The molecule has 3 N–H and O–H groups in total. The fraction of sp³-hybridized carbons (Fsp3) is 0.500. The van der Waals surface area contributed by atoms with Crippen LogP contribution in [0.25, 0.3) is 4.29 Å². The third-order valence-corrected chi connectivity index (χ3v) is 1.06. The summed E-state index contributed by atoms with van der Waals surface area (Å²) in [7, 11) is 0. The van der Waals surface area contributed by atoms with Crippen molar-refractivity contribution >= 4 is 17.9 Å². The van der Waals surface area contributed by atoms with Crippen LogP contribution >= 0.6 is 0 Å². The smallest absolute Gasteiger partial charge is 0.317 e. The van der Waals surface area contributed by atoms with E-state index in [1.807, 2.05) is 0 Å². The minimum Gasteiger partial charge on any atom is -0.480 e. The molecule has 0 aromatic heterocycles. The molecule has 0 rings (SSSR count). The summed E-state index contributed by atoms with van der Waals surface area (Å²) in [5, 5.41) is 10.7. The third kappa shape index (κ3) is 6.76. The standard InChI is InChI=1S/C6H9NO6/c8-4(9)1-7(2-5(10)11)3-6(12)13/h1-3H2,(H,8,9)(H,10,11)(H,12,13)/i/hD3. The molecule has 0 aliphatic rings. The van der Waals surface area contributed by atoms with Gasteiger partial charge in [0.15, 0.2) is 0 Å². The van der Waals surface area contributed by atoms with E-state index in [4.69, 9.17) is 4.29 Å². The summed E-state index contributed by atoms with van der Waals surface area (Å²) in [5.41, 5.74) is 0. The van der Waals surface area contributed by atoms with Gasteiger partial charge in [-0.05, 0) is 0 Å². The zero-order valence-corrected chi connectivity index (χ0v) is 6.52. The Labute approximate surface area is 77.7 Å². The summed E-state index contributed by atoms with van der Waals surface area (Å²) in [6.45, 7) is -1.60. The van der Waals surface area contributed by atoms with Crippen LogP contribution < -0.4 is 0 Å². The van der Waals surface area contributed by atoms with Crippen molar-refractivity contribution in [2.75, 3.05) is 19.6 Å². The van der Waals surface area contributed by atoms with E-state index < -0.39 is 37.5 Å². The van der Waals surface area contributed by atoms with Gasteiger partial charge in [-0.1, -0.05) is 0 Å². The summed E-state index contributed by atoms with van der Waals surface area (Å²) < 4.78 is 18.8. The molecule has 0 aromatic rings. The lowest BCUT2D eigenvalue weighted by molar-refractivity contribution is -0.144. The van der Waals surface area contributed by atoms with E-state index in [1.54, 1.807) is 0 Å². The van der Waals surface area contributed by atoms with Crippen LogP contribution in [0.4, 0.5) is 0 Å². The molecule has 0 spiro atoms. The van der Waals surface area contributed by atoms with Gasteiger partial charge in [-0.2, -0.15) is 0 Å². The van der Waals surface area contributed by atoms with E-state index in [-0.39, 0.29) is 0 Å². The Morgan fingerprint density at radius 3 is 1.46 bits per heavy atom. The molecule has 0 bridgehead atoms. The van der Waals surface area contributed by atoms with Crippen LogP contribution in [-0.2, 0) is 14.4 Å². The van der Waals surface area contributed by atoms with Crippen LogP contribution in [0.2, 0.25) is 0 Å². The molecule has 7 heteroatoms. The van der Waals surface area contributed by atoms with Crippen molar-refractivity contribution in [1.29, 1.82) is 4.29 Å². The van der Waals surface area contributed by atoms with Gasteiger partial charge >= 0.3 is 17.9 Å². The average molecular weight is 194 g/mol. The summed E-state index contributed by atoms with van der Waals surface area (Å²) >= 11 is 0. The number of hydrogen-bond donors (Lipinski definition) is 3. The number of aliphatic carboxylic acids is 3. The van der Waals surface area contributed by atoms with Gasteiger partial charge < -0.3 is 15.3 Å². The molecular weight excluding hydrogens is 182 g/mol. The Morgan fingerprint density at radius 1 is 0.923 bits per heavy atom. The Balaban J connectivity index is 4.31. The van der Waals surface area contributed by atoms with Crippen molar-refractivity contribution < 1.29 is 29.7 Å². The predicted molar refractivity (Wildman–Crippen MR) is 39.3 cm³/mol. The molecule has 0 saturated heterocycles. The van der Waals surface area contributed by atoms with Crippen LogP contribution in [0.3, 0.4) is 0 Å². The van der Waals surface area contributed by atoms with Crippen LogP contribution in [0, 0.1) is 0 Å². The number of rotatable bonds is 6. The fourth-order valence-corrected chi connectivity index (χ4v) is 0.715. The molecule has 74 valence electrons. The van der Waals surface area contributed by atoms with Gasteiger partial charge in [-0.25, -0.2) is 0 Å². The Bertz CT molecular complexity index is 230. The Hall–Kier alpha value is -1.63. The third-order valence-electron chi connectivity index (χ3n) is 1.06. The van der Waals surface area contributed by atoms with Crippen molar-refractivity contribution in [1.82, 2.24) is 4.90 Å². The number of carboxylic acids is 3. The summed E-state index contributed by atoms with van der Waals surface area (Å²) in [4.78, 5) is 33.0. The van der Waals surface area contributed by atoms with Gasteiger partial charge in [0.25, 0.3) is 4.29 Å². The highest BCUT2D eigenvalue weighted by Crippen LogP contribution is 1.87. The van der Waals surface area contributed by atoms with Crippen LogP contribution in [-0.4, -0.2) is 57.8 Å². The SMILES string of the molecule is [2H]OC(=O)CN(CC(=O)O[2H])CC(=O)O[2H]. The van der Waals surface area contributed by atoms with Gasteiger partial charge in [0.05, 0.1) is 19.6 Å². The highest BCUT2D eigenvalue weighted by molar-refractivity contribution is 5.75. The van der Waals surface area contributed by atoms with E-state index in [0.29, 0.717) is 0 Å². The lowest BCUT2D eigenvalue weighted by atomic mass is 10.4. The lowest BCUT2D eigenvalue weighted by Crippen LogP contribution is -2.38. The van der Waals surface area contributed by atoms with E-state index in [0.717, 1.165) is 4.90 Å². The number of nitrogens with zero attached hydrogens (tertiary/aromatic N) is 1. The maximum atomic E-state index is 10.7. The van der Waals surface area contributed by atoms with Crippen LogP contribution in [0.15, 0.2) is 0 Å². The maximum Gasteiger partial charge on any atom is 0.317 e. The molecule has 0 aliphatic heterocycles. The first-order chi connectivity index (χ1) is 7.53. The number of carboxylic acid groups (broad SMARTS) is 3. The van der Waals surface area contributed by atoms with Crippen molar-refractivity contribution in [2.45, 2.75) is 0 Å². The molecular formula is C6H9NO6. The Kier molecular flexibility index (Phi) is 2.68. The molecule has 0 atom stereocenters. The quantitative estimate of drug-likeness (QED) is 0.473. The van der Waals surface area contributed by atoms with Crippen molar-refractivity contribution in [2.24, 2.45) is 0 Å². The topological polar surface area (TPSA) is 115 Å². The monoisotopic (exact) mass is 194 g/mol. The normalized spacial score (nSPS) is 12.2. The second-order valence-electron chi connectivity index (χ2n) is 2.26. The summed E-state index contributed by atoms with van der Waals surface area (Å²) in [5.74, 6) is -3.01. The molecule has 0 unspecified atom stereocenters. The van der Waals surface area contributed by atoms with E-state index in [9.17, 15) is 14.4 Å². The van der Waals surface area contributed by atoms with Gasteiger partial charge in [-0.15, -0.1) is 0 Å². The summed E-state index contributed by atoms with van der Waals surface area (Å²) in [6.07, 6.45) is 0. The molecule has 0 saturated carbocycles. The van der Waals surface area contributed by atoms with Crippen molar-refractivity contribution in [3.8, 4) is 0 Å². The zero-order chi connectivity index (χ0) is 12.6. The molecule has 0 heterocycles. The van der Waals surface area contributed by atoms with Gasteiger partial charge in [-0.3, -0.25) is 19.3 Å². The zero-order valence-electron chi connectivity index (χ0n) is 9.52. The molecule has 0 fully saturated rings. The van der Waals surface area contributed by atoms with Crippen molar-refractivity contribution in [3.05, 3.63) is 0 Å². The first-order valence-corrected chi connectivity index (χ1v) is 3.23. The largest absolute Gasteiger partial charge is 0.480 e. The van der Waals surface area contributed by atoms with Crippen LogP contribution in [0.5, 0.6) is 0 Å². The first-order valence-electron chi connectivity index (χ1n) is 4.46.